The van der Waals surface area contributed by atoms with E-state index in [1.54, 1.807) is 0 Å². The molecule has 3 nitrogen and oxygen atoms in total. The maximum atomic E-state index is 9.30. The van der Waals surface area contributed by atoms with Crippen LogP contribution in [0.5, 0.6) is 0 Å². The molecule has 0 saturated carbocycles. The minimum atomic E-state index is 0.0579. The van der Waals surface area contributed by atoms with Gasteiger partial charge in [0, 0.05) is 0 Å². The summed E-state index contributed by atoms with van der Waals surface area (Å²) in [5, 5.41) is 10.8. The van der Waals surface area contributed by atoms with E-state index in [4.69, 9.17) is 5.11 Å². The molecule has 0 spiro atoms. The van der Waals surface area contributed by atoms with Gasteiger partial charge in [-0.1, -0.05) is 5.18 Å². The van der Waals surface area contributed by atoms with Crippen molar-refractivity contribution in [2.75, 3.05) is 6.54 Å². The van der Waals surface area contributed by atoms with E-state index in [1.165, 1.54) is 13.0 Å². The second-order valence-corrected chi connectivity index (χ2v) is 1.16. The summed E-state index contributed by atoms with van der Waals surface area (Å²) in [6, 6.07) is 0. The molecule has 40 valence electrons. The monoisotopic (exact) mass is 101 g/mol. The van der Waals surface area contributed by atoms with Crippen molar-refractivity contribution in [3.63, 3.8) is 0 Å². The van der Waals surface area contributed by atoms with Crippen molar-refractivity contribution in [3.05, 3.63) is 16.7 Å². The molecule has 0 heterocycles. The first-order valence-electron chi connectivity index (χ1n) is 1.92. The van der Waals surface area contributed by atoms with Gasteiger partial charge < -0.3 is 5.11 Å². The Morgan fingerprint density at radius 2 is 2.57 bits per heavy atom. The van der Waals surface area contributed by atoms with Gasteiger partial charge in [-0.05, 0) is 13.0 Å². The molecule has 0 bridgehead atoms. The predicted molar refractivity (Wildman–Crippen MR) is 27.0 cm³/mol. The van der Waals surface area contributed by atoms with Gasteiger partial charge in [0.2, 0.25) is 0 Å². The molecular weight excluding hydrogens is 94.0 g/mol. The highest BCUT2D eigenvalue weighted by Crippen LogP contribution is 1.81. The van der Waals surface area contributed by atoms with Gasteiger partial charge in [-0.3, -0.25) is 0 Å². The molecule has 7 heavy (non-hydrogen) atoms. The summed E-state index contributed by atoms with van der Waals surface area (Å²) in [4.78, 5) is 9.30. The fraction of sp³-hybridized carbons (Fsp3) is 0.500. The Morgan fingerprint density at radius 3 is 2.71 bits per heavy atom. The van der Waals surface area contributed by atoms with Crippen LogP contribution in [0.4, 0.5) is 0 Å². The van der Waals surface area contributed by atoms with Gasteiger partial charge in [-0.2, -0.15) is 4.91 Å². The van der Waals surface area contributed by atoms with E-state index in [1.807, 2.05) is 0 Å². The number of aliphatic hydroxyl groups is 1. The SMILES string of the molecule is C/C(O)=C/CN=O. The molecule has 0 fully saturated rings. The molecule has 0 radical (unpaired) electrons. The van der Waals surface area contributed by atoms with Gasteiger partial charge in [0.1, 0.15) is 6.54 Å². The summed E-state index contributed by atoms with van der Waals surface area (Å²) in [7, 11) is 0. The van der Waals surface area contributed by atoms with Gasteiger partial charge in [-0.15, -0.1) is 0 Å². The van der Waals surface area contributed by atoms with Crippen LogP contribution in [-0.4, -0.2) is 11.7 Å². The van der Waals surface area contributed by atoms with Gasteiger partial charge in [-0.25, -0.2) is 0 Å². The number of nitroso groups, excluding NO2 is 1. The quantitative estimate of drug-likeness (QED) is 0.420. The van der Waals surface area contributed by atoms with Gasteiger partial charge in [0.05, 0.1) is 5.76 Å². The molecule has 0 atom stereocenters. The first kappa shape index (κ1) is 6.14. The summed E-state index contributed by atoms with van der Waals surface area (Å²) in [5.74, 6) is 0.139. The van der Waals surface area contributed by atoms with E-state index in [9.17, 15) is 4.91 Å². The third kappa shape index (κ3) is 5.14. The highest BCUT2D eigenvalue weighted by molar-refractivity contribution is 4.86. The lowest BCUT2D eigenvalue weighted by Gasteiger charge is -1.79. The molecule has 0 aromatic carbocycles. The predicted octanol–water partition coefficient (Wildman–Crippen LogP) is 1.21. The van der Waals surface area contributed by atoms with Crippen LogP contribution in [-0.2, 0) is 0 Å². The van der Waals surface area contributed by atoms with Crippen LogP contribution < -0.4 is 0 Å². The summed E-state index contributed by atoms with van der Waals surface area (Å²) < 4.78 is 0. The third-order valence-electron chi connectivity index (χ3n) is 0.461. The molecule has 0 aromatic rings. The zero-order valence-corrected chi connectivity index (χ0v) is 4.09. The van der Waals surface area contributed by atoms with Crippen molar-refractivity contribution >= 4 is 0 Å². The van der Waals surface area contributed by atoms with Crippen LogP contribution in [0.1, 0.15) is 6.92 Å². The molecule has 0 aromatic heterocycles. The second kappa shape index (κ2) is 3.33. The second-order valence-electron chi connectivity index (χ2n) is 1.16. The third-order valence-corrected chi connectivity index (χ3v) is 0.461. The maximum absolute atomic E-state index is 9.30. The zero-order valence-electron chi connectivity index (χ0n) is 4.09. The van der Waals surface area contributed by atoms with E-state index in [0.717, 1.165) is 0 Å². The zero-order chi connectivity index (χ0) is 5.70. The fourth-order valence-corrected chi connectivity index (χ4v) is 0.169. The molecule has 0 aliphatic carbocycles. The van der Waals surface area contributed by atoms with E-state index < -0.39 is 0 Å². The topological polar surface area (TPSA) is 49.7 Å². The fourth-order valence-electron chi connectivity index (χ4n) is 0.169. The molecule has 0 rings (SSSR count). The van der Waals surface area contributed by atoms with Crippen LogP contribution >= 0.6 is 0 Å². The van der Waals surface area contributed by atoms with Crippen molar-refractivity contribution in [1.29, 1.82) is 0 Å². The van der Waals surface area contributed by atoms with Gasteiger partial charge in [0.25, 0.3) is 0 Å². The van der Waals surface area contributed by atoms with E-state index >= 15 is 0 Å². The number of allylic oxidation sites excluding steroid dienone is 1. The van der Waals surface area contributed by atoms with Crippen molar-refractivity contribution in [3.8, 4) is 0 Å². The normalized spacial score (nSPS) is 11.3. The maximum Gasteiger partial charge on any atom is 0.103 e. The summed E-state index contributed by atoms with van der Waals surface area (Å²) in [6.07, 6.45) is 1.34. The number of aliphatic hydroxyl groups excluding tert-OH is 1. The molecule has 1 N–H and O–H groups in total. The highest BCUT2D eigenvalue weighted by Gasteiger charge is 1.75. The van der Waals surface area contributed by atoms with E-state index in [-0.39, 0.29) is 12.3 Å². The largest absolute Gasteiger partial charge is 0.513 e. The van der Waals surface area contributed by atoms with Crippen molar-refractivity contribution in [1.82, 2.24) is 0 Å². The van der Waals surface area contributed by atoms with Crippen LogP contribution in [0.2, 0.25) is 0 Å². The Balaban J connectivity index is 3.25. The van der Waals surface area contributed by atoms with Crippen molar-refractivity contribution in [2.45, 2.75) is 6.92 Å². The molecule has 0 aliphatic rings. The van der Waals surface area contributed by atoms with Crippen LogP contribution in [0.3, 0.4) is 0 Å². The smallest absolute Gasteiger partial charge is 0.103 e. The highest BCUT2D eigenvalue weighted by atomic mass is 16.3. The van der Waals surface area contributed by atoms with E-state index in [0.29, 0.717) is 0 Å². The standard InChI is InChI=1S/C4H7NO2/c1-4(6)2-3-5-7/h2,6H,3H2,1H3/b4-2-. The van der Waals surface area contributed by atoms with Crippen molar-refractivity contribution < 1.29 is 5.11 Å². The Kier molecular flexibility index (Phi) is 2.92. The first-order chi connectivity index (χ1) is 3.27. The Hall–Kier alpha value is -0.860. The van der Waals surface area contributed by atoms with Crippen LogP contribution in [0.15, 0.2) is 17.0 Å². The summed E-state index contributed by atoms with van der Waals surface area (Å²) in [5.41, 5.74) is 0. The minimum Gasteiger partial charge on any atom is -0.513 e. The average Bonchev–Trinajstić information content (AvgIpc) is 1.61. The Bertz CT molecular complexity index is 83.7. The molecule has 0 amide bonds. The lowest BCUT2D eigenvalue weighted by atomic mass is 10.5. The van der Waals surface area contributed by atoms with Crippen LogP contribution in [0, 0.1) is 4.91 Å². The molecular formula is C4H7NO2. The average molecular weight is 101 g/mol. The minimum absolute atomic E-state index is 0.0579. The summed E-state index contributed by atoms with van der Waals surface area (Å²) >= 11 is 0. The number of hydrogen-bond donors (Lipinski definition) is 1. The number of nitrogens with zero attached hydrogens (tertiary/aromatic N) is 1. The molecule has 0 aliphatic heterocycles. The molecule has 3 heteroatoms. The van der Waals surface area contributed by atoms with Crippen LogP contribution in [0.25, 0.3) is 0 Å². The van der Waals surface area contributed by atoms with Gasteiger partial charge in [0.15, 0.2) is 0 Å². The first-order valence-corrected chi connectivity index (χ1v) is 1.92. The Labute approximate surface area is 41.6 Å². The molecule has 0 saturated heterocycles. The number of hydrogen-bond acceptors (Lipinski definition) is 3. The Morgan fingerprint density at radius 1 is 2.00 bits per heavy atom. The molecule has 0 unspecified atom stereocenters. The van der Waals surface area contributed by atoms with Crippen molar-refractivity contribution in [2.24, 2.45) is 5.18 Å². The number of rotatable bonds is 2. The van der Waals surface area contributed by atoms with Gasteiger partial charge >= 0.3 is 0 Å². The summed E-state index contributed by atoms with van der Waals surface area (Å²) in [6.45, 7) is 1.55. The van der Waals surface area contributed by atoms with E-state index in [2.05, 4.69) is 5.18 Å². The lowest BCUT2D eigenvalue weighted by molar-refractivity contribution is 0.412. The lowest BCUT2D eigenvalue weighted by Crippen LogP contribution is -1.72.